The highest BCUT2D eigenvalue weighted by atomic mass is 32.1. The predicted molar refractivity (Wildman–Crippen MR) is 96.2 cm³/mol. The SMILES string of the molecule is CCOC(=O)[C@H](CCc1ccccc1)N[C@@H](C)C(=O)O.S.S. The molecule has 0 saturated heterocycles. The smallest absolute Gasteiger partial charge is 0.323 e. The fourth-order valence-corrected chi connectivity index (χ4v) is 1.84. The topological polar surface area (TPSA) is 75.6 Å². The number of hydrogen-bond acceptors (Lipinski definition) is 4. The van der Waals surface area contributed by atoms with Crippen molar-refractivity contribution in [3.8, 4) is 0 Å². The number of ether oxygens (including phenoxy) is 1. The number of carbonyl (C=O) groups excluding carboxylic acids is 1. The molecule has 2 N–H and O–H groups in total. The quantitative estimate of drug-likeness (QED) is 0.702. The highest BCUT2D eigenvalue weighted by molar-refractivity contribution is 7.59. The van der Waals surface area contributed by atoms with Crippen molar-refractivity contribution < 1.29 is 19.4 Å². The summed E-state index contributed by atoms with van der Waals surface area (Å²) < 4.78 is 4.98. The maximum absolute atomic E-state index is 11.8. The van der Waals surface area contributed by atoms with Crippen molar-refractivity contribution in [2.75, 3.05) is 6.61 Å². The number of carboxylic acids is 1. The van der Waals surface area contributed by atoms with E-state index in [1.54, 1.807) is 6.92 Å². The largest absolute Gasteiger partial charge is 0.480 e. The molecule has 126 valence electrons. The minimum atomic E-state index is -0.987. The molecule has 1 aromatic rings. The molecule has 0 fully saturated rings. The summed E-state index contributed by atoms with van der Waals surface area (Å²) in [6.45, 7) is 3.52. The Morgan fingerprint density at radius 3 is 2.32 bits per heavy atom. The van der Waals surface area contributed by atoms with E-state index in [1.807, 2.05) is 30.3 Å². The lowest BCUT2D eigenvalue weighted by molar-refractivity contribution is -0.147. The van der Waals surface area contributed by atoms with Crippen molar-refractivity contribution in [3.05, 3.63) is 35.9 Å². The van der Waals surface area contributed by atoms with Gasteiger partial charge in [-0.05, 0) is 32.3 Å². The summed E-state index contributed by atoms with van der Waals surface area (Å²) in [6, 6.07) is 8.34. The van der Waals surface area contributed by atoms with Crippen LogP contribution in [-0.2, 0) is 20.7 Å². The van der Waals surface area contributed by atoms with Gasteiger partial charge in [0.1, 0.15) is 12.1 Å². The van der Waals surface area contributed by atoms with Crippen molar-refractivity contribution in [1.29, 1.82) is 0 Å². The maximum atomic E-state index is 11.8. The van der Waals surface area contributed by atoms with Gasteiger partial charge < -0.3 is 9.84 Å². The number of rotatable bonds is 8. The Kier molecular flexibility index (Phi) is 13.0. The zero-order valence-corrected chi connectivity index (χ0v) is 14.8. The Balaban J connectivity index is 0. The van der Waals surface area contributed by atoms with Gasteiger partial charge in [0.15, 0.2) is 0 Å². The van der Waals surface area contributed by atoms with E-state index in [1.165, 1.54) is 6.92 Å². The second-order valence-corrected chi connectivity index (χ2v) is 4.56. The summed E-state index contributed by atoms with van der Waals surface area (Å²) in [5.41, 5.74) is 1.10. The third-order valence-corrected chi connectivity index (χ3v) is 2.96. The summed E-state index contributed by atoms with van der Waals surface area (Å²) in [4.78, 5) is 22.7. The van der Waals surface area contributed by atoms with Gasteiger partial charge in [-0.3, -0.25) is 14.9 Å². The van der Waals surface area contributed by atoms with Gasteiger partial charge in [0.05, 0.1) is 6.61 Å². The summed E-state index contributed by atoms with van der Waals surface area (Å²) >= 11 is 0. The third kappa shape index (κ3) is 8.31. The van der Waals surface area contributed by atoms with Gasteiger partial charge in [0.25, 0.3) is 0 Å². The molecule has 0 aliphatic rings. The van der Waals surface area contributed by atoms with Crippen LogP contribution in [0.1, 0.15) is 25.8 Å². The van der Waals surface area contributed by atoms with Crippen LogP contribution in [0.25, 0.3) is 0 Å². The van der Waals surface area contributed by atoms with Crippen molar-refractivity contribution >= 4 is 38.9 Å². The first-order valence-electron chi connectivity index (χ1n) is 6.74. The van der Waals surface area contributed by atoms with Crippen LogP contribution in [0.2, 0.25) is 0 Å². The monoisotopic (exact) mass is 347 g/mol. The van der Waals surface area contributed by atoms with Crippen molar-refractivity contribution in [1.82, 2.24) is 5.32 Å². The van der Waals surface area contributed by atoms with Gasteiger partial charge in [0, 0.05) is 0 Å². The van der Waals surface area contributed by atoms with E-state index in [-0.39, 0.29) is 33.6 Å². The third-order valence-electron chi connectivity index (χ3n) is 2.96. The zero-order valence-electron chi connectivity index (χ0n) is 12.8. The van der Waals surface area contributed by atoms with E-state index in [9.17, 15) is 9.59 Å². The fourth-order valence-electron chi connectivity index (χ4n) is 1.84. The number of nitrogens with one attached hydrogen (secondary N) is 1. The first-order valence-corrected chi connectivity index (χ1v) is 6.74. The van der Waals surface area contributed by atoms with Gasteiger partial charge in [-0.25, -0.2) is 0 Å². The second kappa shape index (κ2) is 12.4. The normalized spacial score (nSPS) is 12.3. The number of carboxylic acid groups (broad SMARTS) is 1. The molecular weight excluding hydrogens is 322 g/mol. The molecule has 2 atom stereocenters. The minimum absolute atomic E-state index is 0. The van der Waals surface area contributed by atoms with Crippen molar-refractivity contribution in [2.24, 2.45) is 0 Å². The Morgan fingerprint density at radius 2 is 1.82 bits per heavy atom. The van der Waals surface area contributed by atoms with Crippen molar-refractivity contribution in [3.63, 3.8) is 0 Å². The molecule has 0 aliphatic carbocycles. The van der Waals surface area contributed by atoms with Gasteiger partial charge in [0.2, 0.25) is 0 Å². The van der Waals surface area contributed by atoms with Gasteiger partial charge >= 0.3 is 11.9 Å². The molecule has 0 aliphatic heterocycles. The molecule has 0 heterocycles. The Bertz CT molecular complexity index is 442. The van der Waals surface area contributed by atoms with E-state index >= 15 is 0 Å². The van der Waals surface area contributed by atoms with Crippen molar-refractivity contribution in [2.45, 2.75) is 38.8 Å². The van der Waals surface area contributed by atoms with Crippen LogP contribution >= 0.6 is 27.0 Å². The molecule has 1 rings (SSSR count). The van der Waals surface area contributed by atoms with Crippen LogP contribution in [0.3, 0.4) is 0 Å². The molecule has 0 radical (unpaired) electrons. The van der Waals surface area contributed by atoms with E-state index in [4.69, 9.17) is 9.84 Å². The van der Waals surface area contributed by atoms with E-state index in [0.29, 0.717) is 12.8 Å². The average Bonchev–Trinajstić information content (AvgIpc) is 2.44. The Morgan fingerprint density at radius 1 is 1.23 bits per heavy atom. The summed E-state index contributed by atoms with van der Waals surface area (Å²) in [5, 5.41) is 11.7. The molecule has 0 spiro atoms. The minimum Gasteiger partial charge on any atom is -0.480 e. The summed E-state index contributed by atoms with van der Waals surface area (Å²) in [7, 11) is 0. The molecule has 0 unspecified atom stereocenters. The fraction of sp³-hybridized carbons (Fsp3) is 0.467. The molecule has 7 heteroatoms. The standard InChI is InChI=1S/C15H21NO4.2H2S/c1-3-20-15(19)13(16-11(2)14(17)18)10-9-12-7-5-4-6-8-12;;/h4-8,11,13,16H,3,9-10H2,1-2H3,(H,17,18);2*1H2/t11-,13-;;/m0../s1. The Labute approximate surface area is 145 Å². The van der Waals surface area contributed by atoms with Crippen LogP contribution in [0.4, 0.5) is 0 Å². The first kappa shape index (κ1) is 23.1. The van der Waals surface area contributed by atoms with Crippen LogP contribution in [0.5, 0.6) is 0 Å². The number of carbonyl (C=O) groups is 2. The molecule has 0 saturated carbocycles. The number of aryl methyl sites for hydroxylation is 1. The highest BCUT2D eigenvalue weighted by Crippen LogP contribution is 2.07. The second-order valence-electron chi connectivity index (χ2n) is 4.56. The van der Waals surface area contributed by atoms with Crippen LogP contribution < -0.4 is 5.32 Å². The van der Waals surface area contributed by atoms with Crippen LogP contribution in [0, 0.1) is 0 Å². The van der Waals surface area contributed by atoms with E-state index in [0.717, 1.165) is 5.56 Å². The molecule has 1 aromatic carbocycles. The summed E-state index contributed by atoms with van der Waals surface area (Å²) in [5.74, 6) is -1.39. The van der Waals surface area contributed by atoms with E-state index in [2.05, 4.69) is 5.32 Å². The maximum Gasteiger partial charge on any atom is 0.323 e. The average molecular weight is 348 g/mol. The summed E-state index contributed by atoms with van der Waals surface area (Å²) in [6.07, 6.45) is 1.18. The predicted octanol–water partition coefficient (Wildman–Crippen LogP) is 1.84. The number of aliphatic carboxylic acids is 1. The molecule has 0 amide bonds. The molecule has 22 heavy (non-hydrogen) atoms. The number of esters is 1. The van der Waals surface area contributed by atoms with Crippen LogP contribution in [-0.4, -0.2) is 35.7 Å². The first-order chi connectivity index (χ1) is 9.54. The van der Waals surface area contributed by atoms with Gasteiger partial charge in [-0.1, -0.05) is 30.3 Å². The number of hydrogen-bond donors (Lipinski definition) is 2. The zero-order chi connectivity index (χ0) is 15.0. The Hall–Kier alpha value is -1.18. The lowest BCUT2D eigenvalue weighted by Gasteiger charge is -2.19. The van der Waals surface area contributed by atoms with E-state index < -0.39 is 24.0 Å². The van der Waals surface area contributed by atoms with Gasteiger partial charge in [-0.2, -0.15) is 27.0 Å². The molecule has 0 aromatic heterocycles. The van der Waals surface area contributed by atoms with Crippen LogP contribution in [0.15, 0.2) is 30.3 Å². The highest BCUT2D eigenvalue weighted by Gasteiger charge is 2.24. The molecule has 0 bridgehead atoms. The number of benzene rings is 1. The van der Waals surface area contributed by atoms with Gasteiger partial charge in [-0.15, -0.1) is 0 Å². The molecule has 5 nitrogen and oxygen atoms in total. The molecular formula is C15H25NO4S2. The lowest BCUT2D eigenvalue weighted by atomic mass is 10.0. The lowest BCUT2D eigenvalue weighted by Crippen LogP contribution is -2.46.